The minimum absolute atomic E-state index is 0.0624. The molecule has 1 aromatic carbocycles. The smallest absolute Gasteiger partial charge is 0.161 e. The highest BCUT2D eigenvalue weighted by molar-refractivity contribution is 5.80. The topological polar surface area (TPSA) is 63.1 Å². The van der Waals surface area contributed by atoms with Crippen molar-refractivity contribution in [2.75, 3.05) is 26.4 Å². The van der Waals surface area contributed by atoms with E-state index in [4.69, 9.17) is 14.6 Å². The van der Waals surface area contributed by atoms with E-state index < -0.39 is 0 Å². The normalized spacial score (nSPS) is 11.0. The molecule has 0 fully saturated rings. The lowest BCUT2D eigenvalue weighted by Gasteiger charge is -2.12. The summed E-state index contributed by atoms with van der Waals surface area (Å²) in [4.78, 5) is 0. The Labute approximate surface area is 152 Å². The molecule has 1 rings (SSSR count). The maximum absolute atomic E-state index is 8.72. The third-order valence-electron chi connectivity index (χ3n) is 3.80. The van der Waals surface area contributed by atoms with Crippen LogP contribution in [0.4, 0.5) is 0 Å². The molecule has 0 spiro atoms. The van der Waals surface area contributed by atoms with E-state index >= 15 is 0 Å². The Balaban J connectivity index is 2.40. The first-order chi connectivity index (χ1) is 12.3. The molecule has 0 amide bonds. The zero-order chi connectivity index (χ0) is 18.2. The van der Waals surface area contributed by atoms with Gasteiger partial charge in [-0.1, -0.05) is 45.4 Å². The standard InChI is InChI=1S/C20H34N2O3/c1-3-5-6-7-8-9-10-15-25-19-12-11-18(16-20(19)24-4-2)17-22-21-13-14-23/h11-12,16-17,21,23H,3-10,13-15H2,1-2H3/b22-17+. The second-order valence-corrected chi connectivity index (χ2v) is 6.00. The van der Waals surface area contributed by atoms with Gasteiger partial charge in [0.25, 0.3) is 0 Å². The summed E-state index contributed by atoms with van der Waals surface area (Å²) < 4.78 is 11.6. The van der Waals surface area contributed by atoms with Crippen LogP contribution in [0.25, 0.3) is 0 Å². The summed E-state index contributed by atoms with van der Waals surface area (Å²) in [6.45, 7) is 6.02. The van der Waals surface area contributed by atoms with Gasteiger partial charge in [-0.15, -0.1) is 0 Å². The molecule has 5 nitrogen and oxygen atoms in total. The highest BCUT2D eigenvalue weighted by Gasteiger charge is 2.06. The number of nitrogens with one attached hydrogen (secondary N) is 1. The molecule has 0 saturated heterocycles. The molecule has 1 aromatic rings. The predicted octanol–water partition coefficient (Wildman–Crippen LogP) is 4.13. The lowest BCUT2D eigenvalue weighted by molar-refractivity contribution is 0.270. The number of nitrogens with zero attached hydrogens (tertiary/aromatic N) is 1. The third kappa shape index (κ3) is 9.97. The molecule has 2 N–H and O–H groups in total. The van der Waals surface area contributed by atoms with Gasteiger partial charge in [-0.05, 0) is 37.1 Å². The highest BCUT2D eigenvalue weighted by atomic mass is 16.5. The summed E-state index contributed by atoms with van der Waals surface area (Å²) in [5, 5.41) is 12.8. The van der Waals surface area contributed by atoms with Gasteiger partial charge in [0.05, 0.1) is 32.6 Å². The van der Waals surface area contributed by atoms with E-state index in [0.29, 0.717) is 13.2 Å². The first-order valence-electron chi connectivity index (χ1n) is 9.58. The Kier molecular flexibility index (Phi) is 12.4. The Bertz CT molecular complexity index is 478. The lowest BCUT2D eigenvalue weighted by Crippen LogP contribution is -2.11. The maximum Gasteiger partial charge on any atom is 0.161 e. The van der Waals surface area contributed by atoms with Gasteiger partial charge in [-0.3, -0.25) is 0 Å². The summed E-state index contributed by atoms with van der Waals surface area (Å²) >= 11 is 0. The summed E-state index contributed by atoms with van der Waals surface area (Å²) in [6.07, 6.45) is 10.6. The van der Waals surface area contributed by atoms with E-state index in [2.05, 4.69) is 17.5 Å². The molecule has 25 heavy (non-hydrogen) atoms. The SMILES string of the molecule is CCCCCCCCCOc1ccc(/C=N/NCCO)cc1OCC. The van der Waals surface area contributed by atoms with Gasteiger partial charge in [-0.2, -0.15) is 5.10 Å². The van der Waals surface area contributed by atoms with Crippen LogP contribution in [-0.2, 0) is 0 Å². The number of hydrazone groups is 1. The van der Waals surface area contributed by atoms with E-state index in [1.165, 1.54) is 38.5 Å². The second-order valence-electron chi connectivity index (χ2n) is 6.00. The summed E-state index contributed by atoms with van der Waals surface area (Å²) in [5.74, 6) is 1.53. The highest BCUT2D eigenvalue weighted by Crippen LogP contribution is 2.28. The van der Waals surface area contributed by atoms with Crippen LogP contribution in [0.3, 0.4) is 0 Å². The molecular formula is C20H34N2O3. The zero-order valence-electron chi connectivity index (χ0n) is 15.8. The van der Waals surface area contributed by atoms with Crippen LogP contribution in [0.2, 0.25) is 0 Å². The van der Waals surface area contributed by atoms with E-state index in [1.807, 2.05) is 25.1 Å². The van der Waals surface area contributed by atoms with E-state index in [1.54, 1.807) is 6.21 Å². The van der Waals surface area contributed by atoms with Gasteiger partial charge < -0.3 is 20.0 Å². The van der Waals surface area contributed by atoms with Crippen molar-refractivity contribution in [3.63, 3.8) is 0 Å². The number of hydrogen-bond acceptors (Lipinski definition) is 5. The van der Waals surface area contributed by atoms with E-state index in [-0.39, 0.29) is 6.61 Å². The first-order valence-corrected chi connectivity index (χ1v) is 9.58. The van der Waals surface area contributed by atoms with Crippen LogP contribution >= 0.6 is 0 Å². The Hall–Kier alpha value is -1.75. The van der Waals surface area contributed by atoms with Gasteiger partial charge in [0.1, 0.15) is 0 Å². The van der Waals surface area contributed by atoms with E-state index in [0.717, 1.165) is 30.1 Å². The van der Waals surface area contributed by atoms with Crippen LogP contribution in [0.5, 0.6) is 11.5 Å². The average molecular weight is 351 g/mol. The van der Waals surface area contributed by atoms with Gasteiger partial charge in [0.2, 0.25) is 0 Å². The molecule has 0 aromatic heterocycles. The number of hydrogen-bond donors (Lipinski definition) is 2. The first kappa shape index (κ1) is 21.3. The van der Waals surface area contributed by atoms with Crippen LogP contribution < -0.4 is 14.9 Å². The van der Waals surface area contributed by atoms with Gasteiger partial charge in [0, 0.05) is 0 Å². The maximum atomic E-state index is 8.72. The van der Waals surface area contributed by atoms with Crippen LogP contribution in [0.1, 0.15) is 64.4 Å². The van der Waals surface area contributed by atoms with Crippen molar-refractivity contribution in [1.82, 2.24) is 5.43 Å². The Morgan fingerprint density at radius 3 is 2.48 bits per heavy atom. The molecule has 0 saturated carbocycles. The predicted molar refractivity (Wildman–Crippen MR) is 104 cm³/mol. The number of ether oxygens (including phenoxy) is 2. The number of rotatable bonds is 15. The summed E-state index contributed by atoms with van der Waals surface area (Å²) in [5.41, 5.74) is 3.69. The molecule has 0 unspecified atom stereocenters. The number of aliphatic hydroxyl groups is 1. The molecule has 0 aliphatic heterocycles. The van der Waals surface area contributed by atoms with Crippen molar-refractivity contribution in [2.24, 2.45) is 5.10 Å². The van der Waals surface area contributed by atoms with Crippen LogP contribution in [0, 0.1) is 0 Å². The molecule has 142 valence electrons. The molecule has 0 heterocycles. The zero-order valence-corrected chi connectivity index (χ0v) is 15.8. The van der Waals surface area contributed by atoms with Crippen molar-refractivity contribution < 1.29 is 14.6 Å². The molecule has 0 atom stereocenters. The van der Waals surface area contributed by atoms with Crippen molar-refractivity contribution in [2.45, 2.75) is 58.8 Å². The average Bonchev–Trinajstić information content (AvgIpc) is 2.62. The largest absolute Gasteiger partial charge is 0.490 e. The molecule has 5 heteroatoms. The molecule has 0 aliphatic rings. The fourth-order valence-electron chi connectivity index (χ4n) is 2.47. The van der Waals surface area contributed by atoms with Crippen molar-refractivity contribution >= 4 is 6.21 Å². The van der Waals surface area contributed by atoms with Crippen LogP contribution in [-0.4, -0.2) is 37.7 Å². The molecule has 0 radical (unpaired) electrons. The summed E-state index contributed by atoms with van der Waals surface area (Å²) in [6, 6.07) is 5.81. The number of benzene rings is 1. The minimum atomic E-state index is 0.0624. The van der Waals surface area contributed by atoms with Gasteiger partial charge >= 0.3 is 0 Å². The van der Waals surface area contributed by atoms with Crippen molar-refractivity contribution in [3.8, 4) is 11.5 Å². The van der Waals surface area contributed by atoms with Crippen molar-refractivity contribution in [3.05, 3.63) is 23.8 Å². The van der Waals surface area contributed by atoms with Crippen molar-refractivity contribution in [1.29, 1.82) is 0 Å². The van der Waals surface area contributed by atoms with Crippen LogP contribution in [0.15, 0.2) is 23.3 Å². The molecule has 0 aliphatic carbocycles. The minimum Gasteiger partial charge on any atom is -0.490 e. The lowest BCUT2D eigenvalue weighted by atomic mass is 10.1. The molecular weight excluding hydrogens is 316 g/mol. The third-order valence-corrected chi connectivity index (χ3v) is 3.80. The Morgan fingerprint density at radius 2 is 1.76 bits per heavy atom. The Morgan fingerprint density at radius 1 is 1.00 bits per heavy atom. The number of unbranched alkanes of at least 4 members (excludes halogenated alkanes) is 6. The quantitative estimate of drug-likeness (QED) is 0.284. The second kappa shape index (κ2) is 14.6. The van der Waals surface area contributed by atoms with E-state index in [9.17, 15) is 0 Å². The van der Waals surface area contributed by atoms with Gasteiger partial charge in [-0.25, -0.2) is 0 Å². The monoisotopic (exact) mass is 350 g/mol. The fraction of sp³-hybridized carbons (Fsp3) is 0.650. The number of aliphatic hydroxyl groups excluding tert-OH is 1. The molecule has 0 bridgehead atoms. The summed E-state index contributed by atoms with van der Waals surface area (Å²) in [7, 11) is 0. The fourth-order valence-corrected chi connectivity index (χ4v) is 2.47. The van der Waals surface area contributed by atoms with Gasteiger partial charge in [0.15, 0.2) is 11.5 Å².